The summed E-state index contributed by atoms with van der Waals surface area (Å²) in [6, 6.07) is 13.2. The number of aromatic nitrogens is 4. The Kier molecular flexibility index (Phi) is 3.53. The second kappa shape index (κ2) is 5.98. The summed E-state index contributed by atoms with van der Waals surface area (Å²) in [7, 11) is 0. The van der Waals surface area contributed by atoms with Crippen LogP contribution in [-0.2, 0) is 0 Å². The zero-order valence-electron chi connectivity index (χ0n) is 11.9. The lowest BCUT2D eigenvalue weighted by Crippen LogP contribution is -1.98. The first-order valence-electron chi connectivity index (χ1n) is 6.90. The largest absolute Gasteiger partial charge is 0.439 e. The van der Waals surface area contributed by atoms with E-state index in [2.05, 4.69) is 25.3 Å². The second-order valence-corrected chi connectivity index (χ2v) is 5.51. The Morgan fingerprint density at radius 3 is 2.70 bits per heavy atom. The molecule has 1 aromatic carbocycles. The number of para-hydroxylation sites is 1. The minimum atomic E-state index is 0.487. The fourth-order valence-electron chi connectivity index (χ4n) is 2.07. The van der Waals surface area contributed by atoms with Crippen LogP contribution in [0.2, 0.25) is 0 Å². The van der Waals surface area contributed by atoms with Crippen LogP contribution in [0.5, 0.6) is 11.6 Å². The van der Waals surface area contributed by atoms with Crippen molar-refractivity contribution in [2.75, 3.05) is 5.32 Å². The third kappa shape index (κ3) is 2.95. The molecule has 0 aliphatic rings. The van der Waals surface area contributed by atoms with Crippen molar-refractivity contribution < 1.29 is 4.74 Å². The molecule has 4 rings (SSSR count). The highest BCUT2D eigenvalue weighted by atomic mass is 32.1. The Bertz CT molecular complexity index is 928. The van der Waals surface area contributed by atoms with Gasteiger partial charge in [-0.15, -0.1) is 11.3 Å². The molecule has 0 fully saturated rings. The van der Waals surface area contributed by atoms with E-state index in [9.17, 15) is 0 Å². The number of hydrogen-bond acceptors (Lipinski definition) is 7. The summed E-state index contributed by atoms with van der Waals surface area (Å²) in [6.45, 7) is 0. The minimum Gasteiger partial charge on any atom is -0.439 e. The summed E-state index contributed by atoms with van der Waals surface area (Å²) in [5.41, 5.74) is 1.37. The van der Waals surface area contributed by atoms with E-state index in [1.54, 1.807) is 12.3 Å². The van der Waals surface area contributed by atoms with E-state index >= 15 is 0 Å². The summed E-state index contributed by atoms with van der Waals surface area (Å²) in [5.74, 6) is 1.81. The summed E-state index contributed by atoms with van der Waals surface area (Å²) in [4.78, 5) is 17.2. The van der Waals surface area contributed by atoms with Crippen LogP contribution in [0.25, 0.3) is 11.0 Å². The van der Waals surface area contributed by atoms with Gasteiger partial charge in [-0.2, -0.15) is 0 Å². The summed E-state index contributed by atoms with van der Waals surface area (Å²) >= 11 is 1.49. The average molecular weight is 321 g/mol. The monoisotopic (exact) mass is 321 g/mol. The van der Waals surface area contributed by atoms with E-state index in [-0.39, 0.29) is 0 Å². The Labute approximate surface area is 135 Å². The van der Waals surface area contributed by atoms with Gasteiger partial charge in [-0.25, -0.2) is 19.9 Å². The van der Waals surface area contributed by atoms with Gasteiger partial charge in [-0.1, -0.05) is 18.2 Å². The molecule has 0 atom stereocenters. The van der Waals surface area contributed by atoms with Crippen LogP contribution in [0.3, 0.4) is 0 Å². The first-order chi connectivity index (χ1) is 11.4. The molecule has 0 aliphatic heterocycles. The number of pyridine rings is 1. The Hall–Kier alpha value is -3.06. The molecule has 0 saturated carbocycles. The normalized spacial score (nSPS) is 10.6. The Morgan fingerprint density at radius 1 is 0.957 bits per heavy atom. The van der Waals surface area contributed by atoms with Crippen LogP contribution in [0, 0.1) is 0 Å². The lowest BCUT2D eigenvalue weighted by Gasteiger charge is -2.08. The van der Waals surface area contributed by atoms with Crippen LogP contribution < -0.4 is 10.1 Å². The highest BCUT2D eigenvalue weighted by molar-refractivity contribution is 7.13. The summed E-state index contributed by atoms with van der Waals surface area (Å²) in [6.07, 6.45) is 3.23. The van der Waals surface area contributed by atoms with Crippen LogP contribution in [0.1, 0.15) is 0 Å². The van der Waals surface area contributed by atoms with Crippen LogP contribution in [0.4, 0.5) is 10.9 Å². The van der Waals surface area contributed by atoms with Crippen molar-refractivity contribution in [1.82, 2.24) is 19.9 Å². The van der Waals surface area contributed by atoms with Gasteiger partial charge in [-0.3, -0.25) is 0 Å². The van der Waals surface area contributed by atoms with Crippen LogP contribution >= 0.6 is 11.3 Å². The molecule has 0 saturated heterocycles. The fraction of sp³-hybridized carbons (Fsp3) is 0. The van der Waals surface area contributed by atoms with Gasteiger partial charge in [0.1, 0.15) is 17.6 Å². The van der Waals surface area contributed by atoms with E-state index in [0.29, 0.717) is 17.2 Å². The number of ether oxygens (including phenoxy) is 1. The maximum absolute atomic E-state index is 5.77. The van der Waals surface area contributed by atoms with Gasteiger partial charge in [0.25, 0.3) is 0 Å². The average Bonchev–Trinajstić information content (AvgIpc) is 3.09. The number of nitrogens with one attached hydrogen (secondary N) is 1. The van der Waals surface area contributed by atoms with Crippen LogP contribution in [-0.4, -0.2) is 19.9 Å². The highest BCUT2D eigenvalue weighted by Crippen LogP contribution is 2.26. The Balaban J connectivity index is 1.71. The maximum Gasteiger partial charge on any atom is 0.220 e. The zero-order valence-corrected chi connectivity index (χ0v) is 12.7. The van der Waals surface area contributed by atoms with E-state index in [0.717, 1.165) is 16.4 Å². The number of benzene rings is 1. The van der Waals surface area contributed by atoms with E-state index in [1.807, 2.05) is 41.8 Å². The number of nitrogens with zero attached hydrogens (tertiary/aromatic N) is 4. The number of hydrogen-bond donors (Lipinski definition) is 1. The molecule has 0 bridgehead atoms. The lowest BCUT2D eigenvalue weighted by molar-refractivity contribution is 0.465. The molecule has 23 heavy (non-hydrogen) atoms. The quantitative estimate of drug-likeness (QED) is 0.612. The van der Waals surface area contributed by atoms with E-state index in [4.69, 9.17) is 4.74 Å². The van der Waals surface area contributed by atoms with Crippen molar-refractivity contribution in [3.8, 4) is 11.6 Å². The minimum absolute atomic E-state index is 0.487. The van der Waals surface area contributed by atoms with Gasteiger partial charge in [0, 0.05) is 17.6 Å². The zero-order chi connectivity index (χ0) is 15.5. The third-order valence-electron chi connectivity index (χ3n) is 3.08. The predicted octanol–water partition coefficient (Wildman–Crippen LogP) is 4.02. The van der Waals surface area contributed by atoms with E-state index in [1.165, 1.54) is 17.7 Å². The molecule has 0 aliphatic carbocycles. The predicted molar refractivity (Wildman–Crippen MR) is 89.2 cm³/mol. The smallest absolute Gasteiger partial charge is 0.220 e. The molecule has 1 N–H and O–H groups in total. The number of rotatable bonds is 4. The van der Waals surface area contributed by atoms with Crippen molar-refractivity contribution >= 4 is 33.3 Å². The van der Waals surface area contributed by atoms with Gasteiger partial charge >= 0.3 is 0 Å². The van der Waals surface area contributed by atoms with Crippen molar-refractivity contribution in [3.63, 3.8) is 0 Å². The molecule has 0 unspecified atom stereocenters. The second-order valence-electron chi connectivity index (χ2n) is 4.62. The van der Waals surface area contributed by atoms with Crippen molar-refractivity contribution in [1.29, 1.82) is 0 Å². The fourth-order valence-corrected chi connectivity index (χ4v) is 2.59. The lowest BCUT2D eigenvalue weighted by atomic mass is 10.3. The summed E-state index contributed by atoms with van der Waals surface area (Å²) < 4.78 is 5.77. The molecule has 4 aromatic rings. The Morgan fingerprint density at radius 2 is 1.87 bits per heavy atom. The van der Waals surface area contributed by atoms with Crippen molar-refractivity contribution in [2.24, 2.45) is 0 Å². The van der Waals surface area contributed by atoms with Gasteiger partial charge in [-0.05, 0) is 18.2 Å². The molecule has 0 spiro atoms. The van der Waals surface area contributed by atoms with Gasteiger partial charge in [0.2, 0.25) is 5.88 Å². The SMILES string of the molecule is c1ccc(Oc2ccc3ncnc(Nc4nccs4)c3n2)cc1. The molecule has 0 amide bonds. The first kappa shape index (κ1) is 13.6. The first-order valence-corrected chi connectivity index (χ1v) is 7.78. The van der Waals surface area contributed by atoms with E-state index < -0.39 is 0 Å². The third-order valence-corrected chi connectivity index (χ3v) is 3.77. The molecule has 112 valence electrons. The highest BCUT2D eigenvalue weighted by Gasteiger charge is 2.09. The molecular formula is C16H11N5OS. The van der Waals surface area contributed by atoms with Crippen molar-refractivity contribution in [2.45, 2.75) is 0 Å². The summed E-state index contributed by atoms with van der Waals surface area (Å²) in [5, 5.41) is 5.80. The molecular weight excluding hydrogens is 310 g/mol. The van der Waals surface area contributed by atoms with Crippen LogP contribution in [0.15, 0.2) is 60.4 Å². The standard InChI is InChI=1S/C16H11N5OS/c1-2-4-11(5-3-1)22-13-7-6-12-14(20-13)15(19-10-18-12)21-16-17-8-9-23-16/h1-10H,(H,17,18,19,21). The molecule has 6 nitrogen and oxygen atoms in total. The van der Waals surface area contributed by atoms with Gasteiger partial charge in [0.15, 0.2) is 10.9 Å². The van der Waals surface area contributed by atoms with Crippen molar-refractivity contribution in [3.05, 3.63) is 60.4 Å². The molecule has 7 heteroatoms. The van der Waals surface area contributed by atoms with Gasteiger partial charge < -0.3 is 10.1 Å². The maximum atomic E-state index is 5.77. The number of fused-ring (bicyclic) bond motifs is 1. The van der Waals surface area contributed by atoms with Gasteiger partial charge in [0.05, 0.1) is 5.52 Å². The topological polar surface area (TPSA) is 72.8 Å². The molecule has 3 heterocycles. The molecule has 3 aromatic heterocycles. The number of thiazole rings is 1. The molecule has 0 radical (unpaired) electrons. The number of anilines is 2.